The molecule has 1 fully saturated rings. The minimum Gasteiger partial charge on any atom is -0.491 e. The van der Waals surface area contributed by atoms with Gasteiger partial charge in [0.1, 0.15) is 5.56 Å². The summed E-state index contributed by atoms with van der Waals surface area (Å²) in [6.07, 6.45) is -1.92. The Kier molecular flexibility index (Phi) is 4.43. The molecule has 1 aliphatic rings. The van der Waals surface area contributed by atoms with Crippen molar-refractivity contribution in [3.63, 3.8) is 0 Å². The van der Waals surface area contributed by atoms with E-state index in [4.69, 9.17) is 0 Å². The van der Waals surface area contributed by atoms with E-state index in [1.165, 1.54) is 0 Å². The number of hydrogen-bond acceptors (Lipinski definition) is 4. The number of hydrogen-bond donors (Lipinski definition) is 1. The molecule has 29 heavy (non-hydrogen) atoms. The Bertz CT molecular complexity index is 1050. The maximum atomic E-state index is 13.9. The molecule has 0 unspecified atom stereocenters. The van der Waals surface area contributed by atoms with Gasteiger partial charge in [-0.05, 0) is 42.5 Å². The monoisotopic (exact) mass is 408 g/mol. The third-order valence-corrected chi connectivity index (χ3v) is 5.50. The molecule has 0 bridgehead atoms. The van der Waals surface area contributed by atoms with Crippen LogP contribution >= 0.6 is 0 Å². The number of aromatic nitrogens is 3. The van der Waals surface area contributed by atoms with Crippen molar-refractivity contribution >= 4 is 16.7 Å². The molecule has 1 saturated heterocycles. The van der Waals surface area contributed by atoms with Gasteiger partial charge in [0.05, 0.1) is 17.3 Å². The van der Waals surface area contributed by atoms with Gasteiger partial charge in [-0.3, -0.25) is 0 Å². The lowest BCUT2D eigenvalue weighted by molar-refractivity contribution is -0.138. The third kappa shape index (κ3) is 3.49. The van der Waals surface area contributed by atoms with Crippen molar-refractivity contribution in [3.05, 3.63) is 41.8 Å². The van der Waals surface area contributed by atoms with E-state index in [-0.39, 0.29) is 5.65 Å². The second-order valence-electron chi connectivity index (χ2n) is 8.08. The summed E-state index contributed by atoms with van der Waals surface area (Å²) in [5.41, 5.74) is -0.0300. The Morgan fingerprint density at radius 2 is 1.62 bits per heavy atom. The van der Waals surface area contributed by atoms with Gasteiger partial charge >= 0.3 is 6.18 Å². The van der Waals surface area contributed by atoms with E-state index in [9.17, 15) is 22.7 Å². The Balaban J connectivity index is 1.70. The number of alkyl halides is 3. The van der Waals surface area contributed by atoms with Crippen LogP contribution in [0.25, 0.3) is 16.7 Å². The summed E-state index contributed by atoms with van der Waals surface area (Å²) in [4.78, 5) is 5.85. The summed E-state index contributed by atoms with van der Waals surface area (Å²) in [6, 6.07) is 7.18. The topological polar surface area (TPSA) is 54.2 Å². The zero-order valence-corrected chi connectivity index (χ0v) is 16.0. The number of halogens is 4. The first-order valence-corrected chi connectivity index (χ1v) is 9.26. The summed E-state index contributed by atoms with van der Waals surface area (Å²) in [5.74, 6) is -3.10. The third-order valence-electron chi connectivity index (χ3n) is 5.50. The molecule has 5 nitrogen and oxygen atoms in total. The number of rotatable bonds is 2. The summed E-state index contributed by atoms with van der Waals surface area (Å²) < 4.78 is 54.8. The van der Waals surface area contributed by atoms with Crippen molar-refractivity contribution in [1.82, 2.24) is 14.8 Å². The second kappa shape index (κ2) is 6.60. The normalized spacial score (nSPS) is 17.1. The van der Waals surface area contributed by atoms with Gasteiger partial charge in [-0.25, -0.2) is 9.07 Å². The molecule has 3 aromatic rings. The van der Waals surface area contributed by atoms with Gasteiger partial charge in [-0.2, -0.15) is 23.3 Å². The maximum Gasteiger partial charge on any atom is 0.420 e. The van der Waals surface area contributed by atoms with Crippen LogP contribution in [0.2, 0.25) is 0 Å². The molecule has 1 N–H and O–H groups in total. The number of benzene rings is 1. The van der Waals surface area contributed by atoms with E-state index in [0.29, 0.717) is 11.1 Å². The molecule has 154 valence electrons. The molecule has 0 atom stereocenters. The van der Waals surface area contributed by atoms with Gasteiger partial charge in [-0.1, -0.05) is 13.8 Å². The minimum atomic E-state index is -4.98. The Morgan fingerprint density at radius 3 is 2.21 bits per heavy atom. The number of aromatic hydroxyl groups is 1. The predicted molar refractivity (Wildman–Crippen MR) is 101 cm³/mol. The van der Waals surface area contributed by atoms with Crippen molar-refractivity contribution < 1.29 is 22.7 Å². The Hall–Kier alpha value is -2.84. The van der Waals surface area contributed by atoms with E-state index < -0.39 is 28.8 Å². The summed E-state index contributed by atoms with van der Waals surface area (Å²) in [6.45, 7) is 6.36. The van der Waals surface area contributed by atoms with Crippen LogP contribution in [-0.4, -0.2) is 33.0 Å². The highest BCUT2D eigenvalue weighted by Gasteiger charge is 2.39. The fraction of sp³-hybridized carbons (Fsp3) is 0.400. The van der Waals surface area contributed by atoms with Crippen LogP contribution in [0, 0.1) is 11.2 Å². The number of nitrogens with zero attached hydrogens (tertiary/aromatic N) is 4. The highest BCUT2D eigenvalue weighted by Crippen LogP contribution is 2.39. The SMILES string of the molecule is CC1(C)CCN(c2ccc(-n3ncc4c(C(F)(F)F)c(F)c(O)nc43)cc2)CC1. The van der Waals surface area contributed by atoms with E-state index in [0.717, 1.165) is 42.5 Å². The molecule has 3 heterocycles. The van der Waals surface area contributed by atoms with Crippen LogP contribution in [0.1, 0.15) is 32.3 Å². The highest BCUT2D eigenvalue weighted by molar-refractivity contribution is 5.82. The fourth-order valence-electron chi connectivity index (χ4n) is 3.65. The summed E-state index contributed by atoms with van der Waals surface area (Å²) in [5, 5.41) is 13.0. The number of fused-ring (bicyclic) bond motifs is 1. The van der Waals surface area contributed by atoms with Gasteiger partial charge in [0.2, 0.25) is 0 Å². The summed E-state index contributed by atoms with van der Waals surface area (Å²) in [7, 11) is 0. The van der Waals surface area contributed by atoms with E-state index >= 15 is 0 Å². The molecule has 4 rings (SSSR count). The fourth-order valence-corrected chi connectivity index (χ4v) is 3.65. The lowest BCUT2D eigenvalue weighted by Gasteiger charge is -2.38. The maximum absolute atomic E-state index is 13.9. The molecular formula is C20H20F4N4O. The van der Waals surface area contributed by atoms with Crippen LogP contribution in [0.5, 0.6) is 5.88 Å². The van der Waals surface area contributed by atoms with E-state index in [2.05, 4.69) is 28.8 Å². The van der Waals surface area contributed by atoms with Crippen molar-refractivity contribution in [2.45, 2.75) is 32.9 Å². The van der Waals surface area contributed by atoms with Gasteiger partial charge < -0.3 is 10.0 Å². The average molecular weight is 408 g/mol. The molecule has 9 heteroatoms. The van der Waals surface area contributed by atoms with Crippen molar-refractivity contribution in [2.24, 2.45) is 5.41 Å². The first kappa shape index (κ1) is 19.5. The predicted octanol–water partition coefficient (Wildman–Crippen LogP) is 4.91. The van der Waals surface area contributed by atoms with Gasteiger partial charge in [0, 0.05) is 18.8 Å². The van der Waals surface area contributed by atoms with E-state index in [1.807, 2.05) is 12.1 Å². The highest BCUT2D eigenvalue weighted by atomic mass is 19.4. The Labute approximate surface area is 164 Å². The van der Waals surface area contributed by atoms with Gasteiger partial charge in [0.15, 0.2) is 11.5 Å². The molecule has 0 amide bonds. The van der Waals surface area contributed by atoms with Gasteiger partial charge in [0.25, 0.3) is 5.88 Å². The van der Waals surface area contributed by atoms with Gasteiger partial charge in [-0.15, -0.1) is 0 Å². The first-order chi connectivity index (χ1) is 13.6. The zero-order valence-electron chi connectivity index (χ0n) is 16.0. The van der Waals surface area contributed by atoms with Crippen LogP contribution < -0.4 is 4.90 Å². The van der Waals surface area contributed by atoms with Crippen LogP contribution in [0.3, 0.4) is 0 Å². The van der Waals surface area contributed by atoms with Crippen LogP contribution in [0.4, 0.5) is 23.2 Å². The smallest absolute Gasteiger partial charge is 0.420 e. The largest absolute Gasteiger partial charge is 0.491 e. The molecule has 2 aromatic heterocycles. The van der Waals surface area contributed by atoms with Crippen LogP contribution in [0.15, 0.2) is 30.5 Å². The van der Waals surface area contributed by atoms with Crippen molar-refractivity contribution in [1.29, 1.82) is 0 Å². The quantitative estimate of drug-likeness (QED) is 0.612. The Morgan fingerprint density at radius 1 is 1.03 bits per heavy atom. The molecule has 0 radical (unpaired) electrons. The van der Waals surface area contributed by atoms with E-state index in [1.54, 1.807) is 12.1 Å². The number of anilines is 1. The molecule has 1 aromatic carbocycles. The minimum absolute atomic E-state index is 0.260. The molecule has 0 aliphatic carbocycles. The average Bonchev–Trinajstić information content (AvgIpc) is 3.04. The zero-order chi connectivity index (χ0) is 21.0. The lowest BCUT2D eigenvalue weighted by Crippen LogP contribution is -2.37. The van der Waals surface area contributed by atoms with Crippen LogP contribution in [-0.2, 0) is 6.18 Å². The number of piperidine rings is 1. The molecular weight excluding hydrogens is 388 g/mol. The van der Waals surface area contributed by atoms with Crippen molar-refractivity contribution in [2.75, 3.05) is 18.0 Å². The summed E-state index contributed by atoms with van der Waals surface area (Å²) >= 11 is 0. The second-order valence-corrected chi connectivity index (χ2v) is 8.08. The molecule has 0 saturated carbocycles. The lowest BCUT2D eigenvalue weighted by atomic mass is 9.82. The van der Waals surface area contributed by atoms with Crippen molar-refractivity contribution in [3.8, 4) is 11.6 Å². The first-order valence-electron chi connectivity index (χ1n) is 9.26. The standard InChI is InChI=1S/C20H20F4N4O/c1-19(2)7-9-27(10-8-19)12-3-5-13(6-4-12)28-17-14(11-25-28)15(20(22,23)24)16(21)18(29)26-17/h3-6,11H,7-10H2,1-2H3,(H,26,29). The molecule has 1 aliphatic heterocycles. The number of pyridine rings is 1. The molecule has 0 spiro atoms.